The molecule has 0 aliphatic heterocycles. The molecule has 1 aromatic heterocycles. The average Bonchev–Trinajstić information content (AvgIpc) is 2.81. The van der Waals surface area contributed by atoms with Gasteiger partial charge in [-0.15, -0.1) is 0 Å². The fourth-order valence-corrected chi connectivity index (χ4v) is 3.13. The molecule has 21 heavy (non-hydrogen) atoms. The van der Waals surface area contributed by atoms with Gasteiger partial charge in [-0.1, -0.05) is 6.92 Å². The molecular weight excluding hydrogens is 288 g/mol. The summed E-state index contributed by atoms with van der Waals surface area (Å²) in [5, 5.41) is 3.07. The maximum Gasteiger partial charge on any atom is 0.242 e. The lowest BCUT2D eigenvalue weighted by molar-refractivity contribution is 0.314. The zero-order valence-electron chi connectivity index (χ0n) is 13.7. The number of hydrogen-bond donors (Lipinski definition) is 2. The fourth-order valence-electron chi connectivity index (χ4n) is 1.95. The van der Waals surface area contributed by atoms with Crippen LogP contribution in [0.1, 0.15) is 26.0 Å². The zero-order valence-corrected chi connectivity index (χ0v) is 14.5. The highest BCUT2D eigenvalue weighted by Crippen LogP contribution is 2.15. The maximum absolute atomic E-state index is 12.4. The summed E-state index contributed by atoms with van der Waals surface area (Å²) in [6, 6.07) is 1.89. The fraction of sp³-hybridized carbons (Fsp3) is 0.714. The van der Waals surface area contributed by atoms with E-state index in [4.69, 9.17) is 0 Å². The van der Waals surface area contributed by atoms with Crippen LogP contribution in [0, 0.1) is 0 Å². The van der Waals surface area contributed by atoms with Gasteiger partial charge in [-0.05, 0) is 40.6 Å². The lowest BCUT2D eigenvalue weighted by Crippen LogP contribution is -2.38. The van der Waals surface area contributed by atoms with Crippen molar-refractivity contribution in [2.75, 3.05) is 27.7 Å². The minimum absolute atomic E-state index is 0.147. The van der Waals surface area contributed by atoms with Crippen LogP contribution in [0.15, 0.2) is 17.2 Å². The highest BCUT2D eigenvalue weighted by atomic mass is 32.2. The number of hydrogen-bond acceptors (Lipinski definition) is 4. The monoisotopic (exact) mass is 316 g/mol. The number of aryl methyl sites for hydroxylation is 1. The summed E-state index contributed by atoms with van der Waals surface area (Å²) < 4.78 is 29.4. The van der Waals surface area contributed by atoms with E-state index in [0.29, 0.717) is 18.0 Å². The van der Waals surface area contributed by atoms with E-state index in [-0.39, 0.29) is 6.04 Å². The van der Waals surface area contributed by atoms with Gasteiger partial charge in [-0.3, -0.25) is 0 Å². The van der Waals surface area contributed by atoms with Crippen molar-refractivity contribution in [3.8, 4) is 0 Å². The van der Waals surface area contributed by atoms with Crippen molar-refractivity contribution in [3.05, 3.63) is 18.0 Å². The first-order valence-corrected chi connectivity index (χ1v) is 8.79. The van der Waals surface area contributed by atoms with Crippen LogP contribution in [0.5, 0.6) is 0 Å². The summed E-state index contributed by atoms with van der Waals surface area (Å²) in [6.45, 7) is 5.94. The second-order valence-corrected chi connectivity index (χ2v) is 7.32. The molecule has 0 aliphatic carbocycles. The molecule has 122 valence electrons. The van der Waals surface area contributed by atoms with Crippen LogP contribution in [-0.2, 0) is 23.1 Å². The SMILES string of the molecule is CCCn1cc(S(=O)(=O)NCC(C)N(C)C)cc1CNC. The van der Waals surface area contributed by atoms with Crippen LogP contribution in [0.25, 0.3) is 0 Å². The molecule has 0 saturated carbocycles. The predicted octanol–water partition coefficient (Wildman–Crippen LogP) is 0.846. The number of sulfonamides is 1. The minimum Gasteiger partial charge on any atom is -0.349 e. The molecule has 1 heterocycles. The van der Waals surface area contributed by atoms with E-state index < -0.39 is 10.0 Å². The second kappa shape index (κ2) is 7.93. The van der Waals surface area contributed by atoms with E-state index in [9.17, 15) is 8.42 Å². The molecule has 1 aromatic rings. The Kier molecular flexibility index (Phi) is 6.86. The Morgan fingerprint density at radius 1 is 1.38 bits per heavy atom. The quantitative estimate of drug-likeness (QED) is 0.709. The number of rotatable bonds is 9. The van der Waals surface area contributed by atoms with E-state index >= 15 is 0 Å². The van der Waals surface area contributed by atoms with Gasteiger partial charge in [0.2, 0.25) is 10.0 Å². The first-order valence-electron chi connectivity index (χ1n) is 7.31. The predicted molar refractivity (Wildman–Crippen MR) is 85.8 cm³/mol. The minimum atomic E-state index is -3.45. The Morgan fingerprint density at radius 2 is 2.05 bits per heavy atom. The van der Waals surface area contributed by atoms with Crippen molar-refractivity contribution in [2.45, 2.75) is 44.3 Å². The molecule has 0 spiro atoms. The Bertz CT molecular complexity index is 514. The molecule has 1 unspecified atom stereocenters. The van der Waals surface area contributed by atoms with E-state index in [1.54, 1.807) is 12.3 Å². The van der Waals surface area contributed by atoms with Gasteiger partial charge in [0, 0.05) is 37.6 Å². The van der Waals surface area contributed by atoms with Crippen molar-refractivity contribution < 1.29 is 8.42 Å². The van der Waals surface area contributed by atoms with Crippen LogP contribution in [0.4, 0.5) is 0 Å². The summed E-state index contributed by atoms with van der Waals surface area (Å²) >= 11 is 0. The number of likely N-dealkylation sites (N-methyl/N-ethyl adjacent to an activating group) is 1. The van der Waals surface area contributed by atoms with Crippen molar-refractivity contribution in [1.82, 2.24) is 19.5 Å². The molecule has 1 atom stereocenters. The summed E-state index contributed by atoms with van der Waals surface area (Å²) in [5.74, 6) is 0. The molecular formula is C14H28N4O2S. The first-order chi connectivity index (χ1) is 9.81. The molecule has 1 rings (SSSR count). The smallest absolute Gasteiger partial charge is 0.242 e. The molecule has 6 nitrogen and oxygen atoms in total. The van der Waals surface area contributed by atoms with Gasteiger partial charge in [0.05, 0.1) is 4.90 Å². The van der Waals surface area contributed by atoms with E-state index in [2.05, 4.69) is 17.0 Å². The zero-order chi connectivity index (χ0) is 16.0. The molecule has 0 radical (unpaired) electrons. The van der Waals surface area contributed by atoms with Crippen LogP contribution in [-0.4, -0.2) is 51.6 Å². The second-order valence-electron chi connectivity index (χ2n) is 5.56. The molecule has 0 fully saturated rings. The summed E-state index contributed by atoms with van der Waals surface area (Å²) in [7, 11) is 2.27. The molecule has 0 aromatic carbocycles. The lowest BCUT2D eigenvalue weighted by atomic mass is 10.3. The van der Waals surface area contributed by atoms with Gasteiger partial charge in [0.15, 0.2) is 0 Å². The highest BCUT2D eigenvalue weighted by molar-refractivity contribution is 7.89. The average molecular weight is 316 g/mol. The van der Waals surface area contributed by atoms with Gasteiger partial charge in [0.1, 0.15) is 0 Å². The standard InChI is InChI=1S/C14H28N4O2S/c1-6-7-18-11-14(8-13(18)10-15-3)21(19,20)16-9-12(2)17(4)5/h8,11-12,15-16H,6-7,9-10H2,1-5H3. The van der Waals surface area contributed by atoms with E-state index in [0.717, 1.165) is 18.7 Å². The van der Waals surface area contributed by atoms with Gasteiger partial charge >= 0.3 is 0 Å². The normalized spacial score (nSPS) is 13.8. The van der Waals surface area contributed by atoms with Gasteiger partial charge in [-0.2, -0.15) is 0 Å². The summed E-state index contributed by atoms with van der Waals surface area (Å²) in [6.07, 6.45) is 2.69. The van der Waals surface area contributed by atoms with Crippen LogP contribution < -0.4 is 10.0 Å². The molecule has 7 heteroatoms. The van der Waals surface area contributed by atoms with Crippen molar-refractivity contribution >= 4 is 10.0 Å². The summed E-state index contributed by atoms with van der Waals surface area (Å²) in [4.78, 5) is 2.32. The van der Waals surface area contributed by atoms with Crippen LogP contribution in [0.2, 0.25) is 0 Å². The molecule has 0 saturated heterocycles. The Morgan fingerprint density at radius 3 is 2.57 bits per heavy atom. The van der Waals surface area contributed by atoms with Crippen LogP contribution >= 0.6 is 0 Å². The number of nitrogens with one attached hydrogen (secondary N) is 2. The third-order valence-electron chi connectivity index (χ3n) is 3.54. The van der Waals surface area contributed by atoms with Gasteiger partial charge in [0.25, 0.3) is 0 Å². The molecule has 2 N–H and O–H groups in total. The molecule has 0 amide bonds. The van der Waals surface area contributed by atoms with E-state index in [1.807, 2.05) is 37.5 Å². The van der Waals surface area contributed by atoms with Crippen molar-refractivity contribution in [1.29, 1.82) is 0 Å². The van der Waals surface area contributed by atoms with Crippen molar-refractivity contribution in [3.63, 3.8) is 0 Å². The maximum atomic E-state index is 12.4. The largest absolute Gasteiger partial charge is 0.349 e. The Labute approximate surface area is 128 Å². The summed E-state index contributed by atoms with van der Waals surface area (Å²) in [5.41, 5.74) is 0.986. The number of aromatic nitrogens is 1. The molecule has 0 bridgehead atoms. The Hall–Kier alpha value is -0.890. The van der Waals surface area contributed by atoms with Crippen LogP contribution in [0.3, 0.4) is 0 Å². The van der Waals surface area contributed by atoms with E-state index in [1.165, 1.54) is 0 Å². The third-order valence-corrected chi connectivity index (χ3v) is 4.93. The molecule has 0 aliphatic rings. The highest BCUT2D eigenvalue weighted by Gasteiger charge is 2.19. The number of nitrogens with zero attached hydrogens (tertiary/aromatic N) is 2. The van der Waals surface area contributed by atoms with Gasteiger partial charge in [-0.25, -0.2) is 13.1 Å². The first kappa shape index (κ1) is 18.2. The van der Waals surface area contributed by atoms with Gasteiger partial charge < -0.3 is 14.8 Å². The Balaban J connectivity index is 2.89. The van der Waals surface area contributed by atoms with Crippen molar-refractivity contribution in [2.24, 2.45) is 0 Å². The third kappa shape index (κ3) is 5.10. The topological polar surface area (TPSA) is 66.4 Å². The lowest BCUT2D eigenvalue weighted by Gasteiger charge is -2.19.